The molecule has 0 heterocycles. The number of hydrogen-bond acceptors (Lipinski definition) is 0. The maximum atomic E-state index is 3.60. The van der Waals surface area contributed by atoms with Gasteiger partial charge in [0.25, 0.3) is 0 Å². The van der Waals surface area contributed by atoms with Crippen molar-refractivity contribution in [2.75, 3.05) is 0 Å². The Balaban J connectivity index is 0.000000505. The predicted octanol–water partition coefficient (Wildman–Crippen LogP) is 12.4. The Morgan fingerprint density at radius 2 is 0.860 bits per heavy atom. The quantitative estimate of drug-likeness (QED) is 0.152. The van der Waals surface area contributed by atoms with Crippen LogP contribution in [0.25, 0.3) is 43.8 Å². The average Bonchev–Trinajstić information content (AvgIpc) is 3.55. The molecule has 6 aromatic rings. The number of hydrogen-bond donors (Lipinski definition) is 0. The van der Waals surface area contributed by atoms with E-state index in [2.05, 4.69) is 151 Å². The maximum Gasteiger partial charge on any atom is 4.00 e. The smallest absolute Gasteiger partial charge is 0.343 e. The first kappa shape index (κ1) is 34.5. The number of aryl methyl sites for hydroxylation is 4. The molecular formula is C42H46Zr. The minimum absolute atomic E-state index is 0. The molecule has 0 N–H and O–H groups in total. The maximum absolute atomic E-state index is 3.60. The predicted molar refractivity (Wildman–Crippen MR) is 187 cm³/mol. The fraction of sp³-hybridized carbons (Fsp3) is 0.238. The summed E-state index contributed by atoms with van der Waals surface area (Å²) in [5.74, 6) is 0. The minimum Gasteiger partial charge on any atom is -0.343 e. The number of rotatable bonds is 7. The first-order valence-corrected chi connectivity index (χ1v) is 15.6. The normalized spacial score (nSPS) is 10.5. The summed E-state index contributed by atoms with van der Waals surface area (Å²) in [6.07, 6.45) is 6.64. The SMILES string of the molecule is Cc1[cH-]c2cccc(-c3ccccc3)c2c1CCc1c(C)[cH-]c2cccc(-c3ccccc3)c12.[CH2-]CCC.[CH2-]CCC.[Zr+4]. The van der Waals surface area contributed by atoms with Crippen LogP contribution in [0.1, 0.15) is 61.8 Å². The Kier molecular flexibility index (Phi) is 13.9. The van der Waals surface area contributed by atoms with Crippen LogP contribution >= 0.6 is 0 Å². The van der Waals surface area contributed by atoms with E-state index in [1.807, 2.05) is 0 Å². The third-order valence-corrected chi connectivity index (χ3v) is 7.99. The van der Waals surface area contributed by atoms with Gasteiger partial charge in [-0.15, -0.1) is 69.1 Å². The zero-order chi connectivity index (χ0) is 29.9. The fourth-order valence-electron chi connectivity index (χ4n) is 5.70. The molecule has 0 aliphatic rings. The summed E-state index contributed by atoms with van der Waals surface area (Å²) in [5, 5.41) is 5.54. The molecule has 0 saturated heterocycles. The molecule has 6 aromatic carbocycles. The van der Waals surface area contributed by atoms with E-state index >= 15 is 0 Å². The van der Waals surface area contributed by atoms with Crippen LogP contribution in [-0.2, 0) is 39.0 Å². The standard InChI is InChI=1S/C34H28.2C4H9.Zr/c1-23-21-27-15-9-17-31(25-11-5-3-6-12-25)33(27)29(23)19-20-30-24(2)22-28-16-10-18-32(34(28)30)26-13-7-4-8-14-26;2*1-3-4-2;/h3-18,21-22H,19-20H2,1-2H3;2*1,3-4H2,2H3;/q-2;2*-1;+4. The minimum atomic E-state index is 0. The summed E-state index contributed by atoms with van der Waals surface area (Å²) >= 11 is 0. The Labute approximate surface area is 280 Å². The van der Waals surface area contributed by atoms with E-state index in [-0.39, 0.29) is 26.2 Å². The van der Waals surface area contributed by atoms with Crippen molar-refractivity contribution in [1.29, 1.82) is 0 Å². The van der Waals surface area contributed by atoms with Gasteiger partial charge in [-0.2, -0.15) is 24.0 Å². The van der Waals surface area contributed by atoms with Gasteiger partial charge in [0.1, 0.15) is 0 Å². The summed E-state index contributed by atoms with van der Waals surface area (Å²) in [6, 6.07) is 39.8. The van der Waals surface area contributed by atoms with Crippen molar-refractivity contribution in [3.05, 3.63) is 145 Å². The fourth-order valence-corrected chi connectivity index (χ4v) is 5.70. The largest absolute Gasteiger partial charge is 4.00 e. The molecule has 43 heavy (non-hydrogen) atoms. The van der Waals surface area contributed by atoms with E-state index in [4.69, 9.17) is 0 Å². The molecule has 0 aromatic heterocycles. The van der Waals surface area contributed by atoms with Crippen LogP contribution in [0.2, 0.25) is 0 Å². The molecule has 0 aliphatic carbocycles. The van der Waals surface area contributed by atoms with Crippen molar-refractivity contribution in [2.45, 2.75) is 66.2 Å². The first-order valence-electron chi connectivity index (χ1n) is 15.6. The third kappa shape index (κ3) is 8.33. The average molecular weight is 642 g/mol. The van der Waals surface area contributed by atoms with Crippen LogP contribution in [0.15, 0.2) is 109 Å². The Bertz CT molecular complexity index is 1530. The topological polar surface area (TPSA) is 0 Å². The number of benzene rings is 4. The van der Waals surface area contributed by atoms with Crippen LogP contribution in [0, 0.1) is 27.7 Å². The second-order valence-corrected chi connectivity index (χ2v) is 11.1. The van der Waals surface area contributed by atoms with Crippen LogP contribution < -0.4 is 0 Å². The number of fused-ring (bicyclic) bond motifs is 2. The van der Waals surface area contributed by atoms with Gasteiger partial charge in [0, 0.05) is 0 Å². The van der Waals surface area contributed by atoms with Crippen molar-refractivity contribution < 1.29 is 26.2 Å². The van der Waals surface area contributed by atoms with Gasteiger partial charge in [-0.05, 0) is 11.1 Å². The van der Waals surface area contributed by atoms with Gasteiger partial charge in [0.2, 0.25) is 0 Å². The summed E-state index contributed by atoms with van der Waals surface area (Å²) in [6.45, 7) is 16.0. The molecule has 0 aliphatic heterocycles. The first-order chi connectivity index (χ1) is 20.5. The van der Waals surface area contributed by atoms with Crippen LogP contribution in [-0.4, -0.2) is 0 Å². The summed E-state index contributed by atoms with van der Waals surface area (Å²) < 4.78 is 0. The summed E-state index contributed by atoms with van der Waals surface area (Å²) in [7, 11) is 0. The van der Waals surface area contributed by atoms with E-state index < -0.39 is 0 Å². The van der Waals surface area contributed by atoms with E-state index in [9.17, 15) is 0 Å². The molecule has 0 fully saturated rings. The second-order valence-electron chi connectivity index (χ2n) is 11.1. The van der Waals surface area contributed by atoms with E-state index in [0.29, 0.717) is 0 Å². The van der Waals surface area contributed by atoms with E-state index in [0.717, 1.165) is 25.7 Å². The molecule has 1 heteroatoms. The summed E-state index contributed by atoms with van der Waals surface area (Å²) in [4.78, 5) is 0. The molecule has 0 radical (unpaired) electrons. The van der Waals surface area contributed by atoms with Crippen molar-refractivity contribution in [3.63, 3.8) is 0 Å². The van der Waals surface area contributed by atoms with Crippen LogP contribution in [0.4, 0.5) is 0 Å². The van der Waals surface area contributed by atoms with Gasteiger partial charge < -0.3 is 13.8 Å². The van der Waals surface area contributed by atoms with Gasteiger partial charge in [0.15, 0.2) is 0 Å². The van der Waals surface area contributed by atoms with Crippen molar-refractivity contribution in [1.82, 2.24) is 0 Å². The zero-order valence-electron chi connectivity index (χ0n) is 26.5. The van der Waals surface area contributed by atoms with Crippen molar-refractivity contribution in [2.24, 2.45) is 0 Å². The van der Waals surface area contributed by atoms with Gasteiger partial charge in [0.05, 0.1) is 0 Å². The third-order valence-electron chi connectivity index (χ3n) is 7.99. The van der Waals surface area contributed by atoms with Crippen LogP contribution in [0.3, 0.4) is 0 Å². The molecule has 0 atom stereocenters. The molecule has 0 amide bonds. The molecule has 218 valence electrons. The molecular weight excluding hydrogens is 596 g/mol. The Hall–Kier alpha value is -3.02. The Morgan fingerprint density at radius 1 is 0.512 bits per heavy atom. The van der Waals surface area contributed by atoms with Gasteiger partial charge in [-0.3, -0.25) is 0 Å². The van der Waals surface area contributed by atoms with Crippen LogP contribution in [0.5, 0.6) is 0 Å². The molecule has 0 bridgehead atoms. The van der Waals surface area contributed by atoms with Crippen molar-refractivity contribution >= 4 is 21.5 Å². The van der Waals surface area contributed by atoms with Gasteiger partial charge >= 0.3 is 26.2 Å². The second kappa shape index (κ2) is 17.3. The molecule has 0 unspecified atom stereocenters. The molecule has 6 rings (SSSR count). The van der Waals surface area contributed by atoms with Gasteiger partial charge in [-0.25, -0.2) is 0 Å². The molecule has 0 spiro atoms. The zero-order valence-corrected chi connectivity index (χ0v) is 29.0. The van der Waals surface area contributed by atoms with E-state index in [1.54, 1.807) is 0 Å². The van der Waals surface area contributed by atoms with E-state index in [1.165, 1.54) is 78.9 Å². The number of unbranched alkanes of at least 4 members (excludes halogenated alkanes) is 2. The Morgan fingerprint density at radius 3 is 1.19 bits per heavy atom. The molecule has 0 nitrogen and oxygen atoms in total. The van der Waals surface area contributed by atoms with Gasteiger partial charge in [-0.1, -0.05) is 137 Å². The van der Waals surface area contributed by atoms with Crippen molar-refractivity contribution in [3.8, 4) is 22.3 Å². The monoisotopic (exact) mass is 640 g/mol. The summed E-state index contributed by atoms with van der Waals surface area (Å²) in [5.41, 5.74) is 11.0. The molecule has 0 saturated carbocycles.